The number of hydrogen-bond donors (Lipinski definition) is 0. The molecule has 1 nitrogen and oxygen atoms in total. The van der Waals surface area contributed by atoms with Crippen molar-refractivity contribution in [3.8, 4) is 0 Å². The maximum absolute atomic E-state index is 6.14. The molecule has 0 saturated heterocycles. The van der Waals surface area contributed by atoms with Crippen molar-refractivity contribution in [1.82, 2.24) is 4.98 Å². The van der Waals surface area contributed by atoms with E-state index in [0.717, 1.165) is 21.6 Å². The Morgan fingerprint density at radius 3 is 2.05 bits per heavy atom. The molecular weight excluding hydrogens is 254 g/mol. The first-order valence-electron chi connectivity index (χ1n) is 6.70. The fourth-order valence-corrected chi connectivity index (χ4v) is 2.37. The molecule has 1 aromatic carbocycles. The summed E-state index contributed by atoms with van der Waals surface area (Å²) in [5.41, 5.74) is 3.60. The second-order valence-corrected chi connectivity index (χ2v) is 7.65. The molecule has 2 aromatic rings. The van der Waals surface area contributed by atoms with Crippen LogP contribution in [0, 0.1) is 0 Å². The summed E-state index contributed by atoms with van der Waals surface area (Å²) in [6.07, 6.45) is 0. The number of rotatable bonds is 0. The number of halogens is 1. The molecule has 0 amide bonds. The molecule has 0 saturated carbocycles. The largest absolute Gasteiger partial charge is 0.252 e. The second kappa shape index (κ2) is 4.49. The van der Waals surface area contributed by atoms with E-state index in [-0.39, 0.29) is 10.8 Å². The average Bonchev–Trinajstić information content (AvgIpc) is 2.24. The zero-order valence-electron chi connectivity index (χ0n) is 12.6. The second-order valence-electron chi connectivity index (χ2n) is 7.22. The normalized spacial score (nSPS) is 13.0. The van der Waals surface area contributed by atoms with Gasteiger partial charge in [-0.05, 0) is 35.2 Å². The van der Waals surface area contributed by atoms with Gasteiger partial charge in [0.15, 0.2) is 0 Å². The van der Waals surface area contributed by atoms with Crippen LogP contribution in [0.1, 0.15) is 52.8 Å². The number of pyridine rings is 1. The van der Waals surface area contributed by atoms with E-state index in [1.807, 2.05) is 18.2 Å². The lowest BCUT2D eigenvalue weighted by molar-refractivity contribution is 0.558. The summed E-state index contributed by atoms with van der Waals surface area (Å²) in [6.45, 7) is 13.3. The van der Waals surface area contributed by atoms with Crippen LogP contribution in [0.2, 0.25) is 5.02 Å². The topological polar surface area (TPSA) is 12.9 Å². The third-order valence-electron chi connectivity index (χ3n) is 3.35. The van der Waals surface area contributed by atoms with Crippen LogP contribution >= 0.6 is 11.6 Å². The molecule has 0 unspecified atom stereocenters. The highest BCUT2D eigenvalue weighted by molar-refractivity contribution is 6.31. The van der Waals surface area contributed by atoms with E-state index in [2.05, 4.69) is 47.6 Å². The van der Waals surface area contributed by atoms with E-state index < -0.39 is 0 Å². The summed E-state index contributed by atoms with van der Waals surface area (Å²) < 4.78 is 0. The van der Waals surface area contributed by atoms with Crippen LogP contribution in [0.25, 0.3) is 10.9 Å². The number of fused-ring (bicyclic) bond motifs is 1. The molecule has 1 heterocycles. The van der Waals surface area contributed by atoms with Crippen LogP contribution in [-0.4, -0.2) is 4.98 Å². The SMILES string of the molecule is CC(C)(C)c1cc(C(C)(C)C)c2cc(Cl)ccc2n1. The van der Waals surface area contributed by atoms with Gasteiger partial charge >= 0.3 is 0 Å². The Labute approximate surface area is 121 Å². The van der Waals surface area contributed by atoms with E-state index in [1.54, 1.807) is 0 Å². The lowest BCUT2D eigenvalue weighted by Gasteiger charge is -2.26. The lowest BCUT2D eigenvalue weighted by Crippen LogP contribution is -2.18. The molecule has 0 radical (unpaired) electrons. The van der Waals surface area contributed by atoms with Crippen molar-refractivity contribution in [1.29, 1.82) is 0 Å². The van der Waals surface area contributed by atoms with Crippen molar-refractivity contribution in [3.63, 3.8) is 0 Å². The van der Waals surface area contributed by atoms with Crippen LogP contribution in [0.5, 0.6) is 0 Å². The highest BCUT2D eigenvalue weighted by Gasteiger charge is 2.23. The number of benzene rings is 1. The first-order valence-corrected chi connectivity index (χ1v) is 7.08. The first-order chi connectivity index (χ1) is 8.59. The summed E-state index contributed by atoms with van der Waals surface area (Å²) in [7, 11) is 0. The summed E-state index contributed by atoms with van der Waals surface area (Å²) in [5.74, 6) is 0. The Kier molecular flexibility index (Phi) is 3.38. The van der Waals surface area contributed by atoms with Crippen molar-refractivity contribution < 1.29 is 0 Å². The minimum atomic E-state index is 0.0494. The monoisotopic (exact) mass is 275 g/mol. The molecule has 0 atom stereocenters. The van der Waals surface area contributed by atoms with Gasteiger partial charge in [0, 0.05) is 21.5 Å². The molecule has 1 aromatic heterocycles. The minimum absolute atomic E-state index is 0.0494. The van der Waals surface area contributed by atoms with E-state index in [0.29, 0.717) is 0 Å². The zero-order chi connectivity index (χ0) is 14.4. The molecule has 0 N–H and O–H groups in total. The highest BCUT2D eigenvalue weighted by Crippen LogP contribution is 2.34. The Morgan fingerprint density at radius 1 is 0.895 bits per heavy atom. The third kappa shape index (κ3) is 2.92. The van der Waals surface area contributed by atoms with Crippen molar-refractivity contribution >= 4 is 22.5 Å². The molecular formula is C17H22ClN. The van der Waals surface area contributed by atoms with Crippen LogP contribution in [0.4, 0.5) is 0 Å². The van der Waals surface area contributed by atoms with Gasteiger partial charge in [0.05, 0.1) is 5.52 Å². The predicted octanol–water partition coefficient (Wildman–Crippen LogP) is 5.48. The molecule has 0 spiro atoms. The zero-order valence-corrected chi connectivity index (χ0v) is 13.4. The van der Waals surface area contributed by atoms with Crippen LogP contribution in [0.3, 0.4) is 0 Å². The molecule has 0 aliphatic heterocycles. The quantitative estimate of drug-likeness (QED) is 0.620. The Bertz CT molecular complexity index is 615. The average molecular weight is 276 g/mol. The van der Waals surface area contributed by atoms with Crippen LogP contribution < -0.4 is 0 Å². The van der Waals surface area contributed by atoms with Crippen LogP contribution in [0.15, 0.2) is 24.3 Å². The highest BCUT2D eigenvalue weighted by atomic mass is 35.5. The van der Waals surface area contributed by atoms with Gasteiger partial charge in [-0.3, -0.25) is 4.98 Å². The Morgan fingerprint density at radius 2 is 1.53 bits per heavy atom. The molecule has 0 aliphatic rings. The number of aromatic nitrogens is 1. The van der Waals surface area contributed by atoms with Gasteiger partial charge in [-0.25, -0.2) is 0 Å². The van der Waals surface area contributed by atoms with E-state index in [1.165, 1.54) is 5.56 Å². The maximum atomic E-state index is 6.14. The molecule has 0 aliphatic carbocycles. The fraction of sp³-hybridized carbons (Fsp3) is 0.471. The van der Waals surface area contributed by atoms with Crippen molar-refractivity contribution in [2.75, 3.05) is 0 Å². The lowest BCUT2D eigenvalue weighted by atomic mass is 9.81. The molecule has 2 heteroatoms. The summed E-state index contributed by atoms with van der Waals surface area (Å²) in [5, 5.41) is 1.93. The van der Waals surface area contributed by atoms with Gasteiger partial charge in [0.25, 0.3) is 0 Å². The van der Waals surface area contributed by atoms with Gasteiger partial charge in [-0.2, -0.15) is 0 Å². The van der Waals surface area contributed by atoms with Gasteiger partial charge < -0.3 is 0 Å². The number of hydrogen-bond acceptors (Lipinski definition) is 1. The van der Waals surface area contributed by atoms with Gasteiger partial charge in [-0.15, -0.1) is 0 Å². The maximum Gasteiger partial charge on any atom is 0.0709 e. The molecule has 102 valence electrons. The molecule has 2 rings (SSSR count). The van der Waals surface area contributed by atoms with Crippen LogP contribution in [-0.2, 0) is 10.8 Å². The third-order valence-corrected chi connectivity index (χ3v) is 3.58. The van der Waals surface area contributed by atoms with E-state index in [4.69, 9.17) is 16.6 Å². The molecule has 0 bridgehead atoms. The van der Waals surface area contributed by atoms with Gasteiger partial charge in [0.2, 0.25) is 0 Å². The fourth-order valence-electron chi connectivity index (χ4n) is 2.20. The van der Waals surface area contributed by atoms with Crippen molar-refractivity contribution in [2.45, 2.75) is 52.4 Å². The first kappa shape index (κ1) is 14.3. The summed E-state index contributed by atoms with van der Waals surface area (Å²) in [6, 6.07) is 8.19. The van der Waals surface area contributed by atoms with E-state index in [9.17, 15) is 0 Å². The predicted molar refractivity (Wildman–Crippen MR) is 84.2 cm³/mol. The van der Waals surface area contributed by atoms with Gasteiger partial charge in [0.1, 0.15) is 0 Å². The minimum Gasteiger partial charge on any atom is -0.252 e. The smallest absolute Gasteiger partial charge is 0.0709 e. The van der Waals surface area contributed by atoms with Gasteiger partial charge in [-0.1, -0.05) is 53.1 Å². The Hall–Kier alpha value is -1.08. The van der Waals surface area contributed by atoms with E-state index >= 15 is 0 Å². The standard InChI is InChI=1S/C17H22ClN/c1-16(2,3)13-10-15(17(4,5)6)19-14-8-7-11(18)9-12(13)14/h7-10H,1-6H3. The molecule has 0 fully saturated rings. The van der Waals surface area contributed by atoms with Crippen molar-refractivity contribution in [2.24, 2.45) is 0 Å². The summed E-state index contributed by atoms with van der Waals surface area (Å²) in [4.78, 5) is 4.80. The summed E-state index contributed by atoms with van der Waals surface area (Å²) >= 11 is 6.14. The Balaban J connectivity index is 2.85. The van der Waals surface area contributed by atoms with Crippen molar-refractivity contribution in [3.05, 3.63) is 40.5 Å². The number of nitrogens with zero attached hydrogens (tertiary/aromatic N) is 1. The molecule has 19 heavy (non-hydrogen) atoms.